The minimum Gasteiger partial charge on any atom is -0.379 e. The highest BCUT2D eigenvalue weighted by Gasteiger charge is 2.20. The van der Waals surface area contributed by atoms with Crippen LogP contribution < -0.4 is 0 Å². The third-order valence-corrected chi connectivity index (χ3v) is 6.93. The van der Waals surface area contributed by atoms with Crippen molar-refractivity contribution in [2.75, 3.05) is 26.5 Å². The number of unbranched alkanes of at least 4 members (excludes halogenated alkanes) is 15. The second kappa shape index (κ2) is 20.8. The van der Waals surface area contributed by atoms with Crippen molar-refractivity contribution < 1.29 is 18.9 Å². The molecule has 4 nitrogen and oxygen atoms in total. The number of methoxy groups -OCH3 is 1. The summed E-state index contributed by atoms with van der Waals surface area (Å²) in [4.78, 5) is 9.31. The zero-order chi connectivity index (χ0) is 20.9. The molecule has 0 spiro atoms. The van der Waals surface area contributed by atoms with Gasteiger partial charge in [0.1, 0.15) is 0 Å². The lowest BCUT2D eigenvalue weighted by Gasteiger charge is -2.16. The Morgan fingerprint density at radius 1 is 0.786 bits per heavy atom. The van der Waals surface area contributed by atoms with Gasteiger partial charge in [0.25, 0.3) is 6.07 Å². The Balaban J connectivity index is 3.20. The summed E-state index contributed by atoms with van der Waals surface area (Å²) in [7, 11) is 1.55. The summed E-state index contributed by atoms with van der Waals surface area (Å²) in [6.07, 6.45) is 18.3. The lowest BCUT2D eigenvalue weighted by Crippen LogP contribution is -2.22. The van der Waals surface area contributed by atoms with Crippen LogP contribution in [0.15, 0.2) is 0 Å². The number of rotatable bonds is 22. The van der Waals surface area contributed by atoms with Gasteiger partial charge in [-0.05, 0) is 6.42 Å². The van der Waals surface area contributed by atoms with Crippen LogP contribution in [-0.4, -0.2) is 37.5 Å². The summed E-state index contributed by atoms with van der Waals surface area (Å²) in [5.41, 5.74) is 0. The normalized spacial score (nSPS) is 14.9. The predicted molar refractivity (Wildman–Crippen MR) is 125 cm³/mol. The molecule has 0 bridgehead atoms. The zero-order valence-corrected chi connectivity index (χ0v) is 21.0. The molecule has 0 radical (unpaired) electrons. The van der Waals surface area contributed by atoms with Gasteiger partial charge in [-0.2, -0.15) is 0 Å². The highest BCUT2D eigenvalue weighted by molar-refractivity contribution is 9.39. The Kier molecular flexibility index (Phi) is 21.3. The summed E-state index contributed by atoms with van der Waals surface area (Å²) in [5.74, 6) is 0. The largest absolute Gasteiger partial charge is 0.379 e. The lowest BCUT2D eigenvalue weighted by molar-refractivity contribution is 0.0184. The number of ether oxygens (including phenoxy) is 2. The van der Waals surface area contributed by atoms with Crippen LogP contribution in [0.4, 0.5) is 0 Å². The first-order chi connectivity index (χ1) is 13.5. The van der Waals surface area contributed by atoms with Gasteiger partial charge in [-0.3, -0.25) is 4.57 Å². The van der Waals surface area contributed by atoms with Crippen molar-refractivity contribution in [1.29, 1.82) is 0 Å². The molecule has 0 aromatic rings. The molecule has 0 amide bonds. The van der Waals surface area contributed by atoms with Crippen molar-refractivity contribution in [3.05, 3.63) is 0 Å². The fraction of sp³-hybridized carbons (Fsp3) is 1.00. The van der Waals surface area contributed by atoms with Gasteiger partial charge in [-0.25, -0.2) is 0 Å². The maximum Gasteiger partial charge on any atom is 0.265 e. The van der Waals surface area contributed by atoms with E-state index in [4.69, 9.17) is 9.47 Å². The van der Waals surface area contributed by atoms with Crippen LogP contribution in [0.25, 0.3) is 0 Å². The molecule has 0 fully saturated rings. The molecule has 0 aliphatic heterocycles. The summed E-state index contributed by atoms with van der Waals surface area (Å²) in [5, 5.41) is 0. The average Bonchev–Trinajstić information content (AvgIpc) is 2.65. The smallest absolute Gasteiger partial charge is 0.265 e. The fourth-order valence-corrected chi connectivity index (χ4v) is 5.14. The number of hydrogen-bond donors (Lipinski definition) is 1. The van der Waals surface area contributed by atoms with Crippen LogP contribution in [0.1, 0.15) is 110 Å². The first-order valence-electron chi connectivity index (χ1n) is 11.6. The Hall–Kier alpha value is 0.590. The van der Waals surface area contributed by atoms with Crippen LogP contribution in [0.5, 0.6) is 0 Å². The van der Waals surface area contributed by atoms with Crippen molar-refractivity contribution in [3.63, 3.8) is 0 Å². The standard InChI is InChI=1S/C22H46BrO4P/c1-3-4-5-6-7-8-9-10-11-12-13-14-15-16-17-18-19-27-20-22(26-2)21-28(23,24)25/h22H,3-21H2,1-2H3,(H,24,25). The van der Waals surface area contributed by atoms with E-state index >= 15 is 0 Å². The summed E-state index contributed by atoms with van der Waals surface area (Å²) in [6, 6.07) is 0. The van der Waals surface area contributed by atoms with E-state index in [0.717, 1.165) is 6.42 Å². The molecule has 0 rings (SSSR count). The molecule has 0 saturated heterocycles. The molecule has 0 aliphatic carbocycles. The monoisotopic (exact) mass is 484 g/mol. The van der Waals surface area contributed by atoms with Crippen LogP contribution in [0.2, 0.25) is 0 Å². The third kappa shape index (κ3) is 22.9. The van der Waals surface area contributed by atoms with Crippen molar-refractivity contribution in [1.82, 2.24) is 0 Å². The van der Waals surface area contributed by atoms with Crippen molar-refractivity contribution in [2.24, 2.45) is 0 Å². The number of halogens is 1. The van der Waals surface area contributed by atoms with E-state index in [1.54, 1.807) is 7.11 Å². The minimum atomic E-state index is -3.22. The molecule has 0 aromatic carbocycles. The topological polar surface area (TPSA) is 55.8 Å². The van der Waals surface area contributed by atoms with E-state index in [0.29, 0.717) is 13.2 Å². The van der Waals surface area contributed by atoms with Gasteiger partial charge in [0, 0.05) is 29.2 Å². The zero-order valence-electron chi connectivity index (χ0n) is 18.5. The molecule has 0 aromatic heterocycles. The van der Waals surface area contributed by atoms with Gasteiger partial charge in [-0.15, -0.1) is 0 Å². The van der Waals surface area contributed by atoms with Crippen molar-refractivity contribution in [2.45, 2.75) is 116 Å². The van der Waals surface area contributed by atoms with Gasteiger partial charge >= 0.3 is 0 Å². The SMILES string of the molecule is CCCCCCCCCCCCCCCCCCOCC(CP(=O)(O)Br)OC. The maximum atomic E-state index is 11.3. The van der Waals surface area contributed by atoms with Gasteiger partial charge in [0.2, 0.25) is 0 Å². The molecule has 1 N–H and O–H groups in total. The Morgan fingerprint density at radius 3 is 1.54 bits per heavy atom. The predicted octanol–water partition coefficient (Wildman–Crippen LogP) is 7.86. The second-order valence-electron chi connectivity index (χ2n) is 8.03. The summed E-state index contributed by atoms with van der Waals surface area (Å²) >= 11 is 2.79. The third-order valence-electron chi connectivity index (χ3n) is 5.21. The summed E-state index contributed by atoms with van der Waals surface area (Å²) in [6.45, 7) is 3.36. The van der Waals surface area contributed by atoms with Crippen LogP contribution in [-0.2, 0) is 14.0 Å². The molecular weight excluding hydrogens is 439 g/mol. The molecule has 6 heteroatoms. The van der Waals surface area contributed by atoms with E-state index < -0.39 is 6.07 Å². The van der Waals surface area contributed by atoms with Crippen LogP contribution in [0, 0.1) is 0 Å². The van der Waals surface area contributed by atoms with Gasteiger partial charge in [0.05, 0.1) is 18.9 Å². The fourth-order valence-electron chi connectivity index (χ4n) is 3.41. The van der Waals surface area contributed by atoms with Crippen molar-refractivity contribution >= 4 is 21.6 Å². The second-order valence-corrected chi connectivity index (χ2v) is 13.0. The summed E-state index contributed by atoms with van der Waals surface area (Å²) < 4.78 is 22.1. The first-order valence-corrected chi connectivity index (χ1v) is 15.5. The molecule has 0 heterocycles. The quantitative estimate of drug-likeness (QED) is 0.125. The van der Waals surface area contributed by atoms with Crippen LogP contribution in [0.3, 0.4) is 0 Å². The van der Waals surface area contributed by atoms with Crippen LogP contribution >= 0.6 is 21.6 Å². The van der Waals surface area contributed by atoms with E-state index in [9.17, 15) is 9.46 Å². The lowest BCUT2D eigenvalue weighted by atomic mass is 10.0. The maximum absolute atomic E-state index is 11.3. The Morgan fingerprint density at radius 2 is 1.18 bits per heavy atom. The number of hydrogen-bond acceptors (Lipinski definition) is 3. The first kappa shape index (κ1) is 28.6. The molecule has 2 atom stereocenters. The molecule has 170 valence electrons. The van der Waals surface area contributed by atoms with Gasteiger partial charge in [0.15, 0.2) is 0 Å². The van der Waals surface area contributed by atoms with E-state index in [2.05, 4.69) is 22.4 Å². The van der Waals surface area contributed by atoms with Gasteiger partial charge < -0.3 is 14.4 Å². The molecule has 0 saturated carbocycles. The average molecular weight is 485 g/mol. The van der Waals surface area contributed by atoms with E-state index in [1.807, 2.05) is 0 Å². The Labute approximate surface area is 182 Å². The molecule has 2 unspecified atom stereocenters. The molecule has 28 heavy (non-hydrogen) atoms. The minimum absolute atomic E-state index is 0.0858. The van der Waals surface area contributed by atoms with E-state index in [-0.39, 0.29) is 12.3 Å². The molecular formula is C22H46BrO4P. The van der Waals surface area contributed by atoms with E-state index in [1.165, 1.54) is 96.3 Å². The molecule has 0 aliphatic rings. The van der Waals surface area contributed by atoms with Crippen molar-refractivity contribution in [3.8, 4) is 0 Å². The van der Waals surface area contributed by atoms with Gasteiger partial charge in [-0.1, -0.05) is 103 Å². The Bertz CT molecular complexity index is 362. The highest BCUT2D eigenvalue weighted by atomic mass is 79.9. The highest BCUT2D eigenvalue weighted by Crippen LogP contribution is 2.49.